The zero-order valence-electron chi connectivity index (χ0n) is 12.8. The molecule has 6 nitrogen and oxygen atoms in total. The predicted molar refractivity (Wildman–Crippen MR) is 80.3 cm³/mol. The lowest BCUT2D eigenvalue weighted by Gasteiger charge is -2.17. The second-order valence-corrected chi connectivity index (χ2v) is 6.17. The van der Waals surface area contributed by atoms with Gasteiger partial charge in [-0.2, -0.15) is 0 Å². The molecular formula is C13H21N5OS. The summed E-state index contributed by atoms with van der Waals surface area (Å²) in [5.74, 6) is 2.54. The smallest absolute Gasteiger partial charge is 0.227 e. The predicted octanol–water partition coefficient (Wildman–Crippen LogP) is 2.82. The highest BCUT2D eigenvalue weighted by atomic mass is 32.2. The molecule has 20 heavy (non-hydrogen) atoms. The van der Waals surface area contributed by atoms with Gasteiger partial charge in [0.25, 0.3) is 0 Å². The van der Waals surface area contributed by atoms with E-state index in [2.05, 4.69) is 33.8 Å². The quantitative estimate of drug-likeness (QED) is 0.791. The van der Waals surface area contributed by atoms with Crippen LogP contribution < -0.4 is 4.90 Å². The Balaban J connectivity index is 2.22. The van der Waals surface area contributed by atoms with E-state index in [0.717, 1.165) is 33.9 Å². The second-order valence-electron chi connectivity index (χ2n) is 5.23. The van der Waals surface area contributed by atoms with Gasteiger partial charge in [-0.25, -0.2) is 0 Å². The first kappa shape index (κ1) is 14.9. The van der Waals surface area contributed by atoms with Crippen molar-refractivity contribution in [3.05, 3.63) is 17.0 Å². The van der Waals surface area contributed by atoms with Gasteiger partial charge in [-0.3, -0.25) is 4.57 Å². The molecule has 0 aliphatic carbocycles. The maximum atomic E-state index is 5.19. The Labute approximate surface area is 123 Å². The molecule has 2 rings (SSSR count). The second kappa shape index (κ2) is 5.87. The van der Waals surface area contributed by atoms with Crippen LogP contribution in [-0.4, -0.2) is 34.0 Å². The van der Waals surface area contributed by atoms with Gasteiger partial charge in [0.15, 0.2) is 5.16 Å². The van der Waals surface area contributed by atoms with E-state index in [9.17, 15) is 0 Å². The van der Waals surface area contributed by atoms with Crippen LogP contribution in [0.1, 0.15) is 36.9 Å². The normalized spacial score (nSPS) is 11.3. The molecule has 0 bridgehead atoms. The summed E-state index contributed by atoms with van der Waals surface area (Å²) in [6.07, 6.45) is 0. The van der Waals surface area contributed by atoms with Crippen LogP contribution in [0.2, 0.25) is 0 Å². The molecule has 2 heterocycles. The van der Waals surface area contributed by atoms with Gasteiger partial charge < -0.3 is 9.42 Å². The molecule has 0 N–H and O–H groups in total. The number of anilines is 1. The molecule has 0 amide bonds. The summed E-state index contributed by atoms with van der Waals surface area (Å²) in [6.45, 7) is 8.17. The number of aromatic nitrogens is 4. The van der Waals surface area contributed by atoms with Crippen molar-refractivity contribution in [3.8, 4) is 0 Å². The minimum absolute atomic E-state index is 0.314. The lowest BCUT2D eigenvalue weighted by molar-refractivity contribution is 0.392. The zero-order valence-corrected chi connectivity index (χ0v) is 13.7. The van der Waals surface area contributed by atoms with Gasteiger partial charge in [-0.05, 0) is 27.7 Å². The van der Waals surface area contributed by atoms with Gasteiger partial charge in [0.1, 0.15) is 5.76 Å². The van der Waals surface area contributed by atoms with Gasteiger partial charge in [-0.1, -0.05) is 16.9 Å². The number of hydrogen-bond acceptors (Lipinski definition) is 6. The molecule has 0 aliphatic heterocycles. The molecule has 0 saturated carbocycles. The average molecular weight is 295 g/mol. The lowest BCUT2D eigenvalue weighted by atomic mass is 10.2. The lowest BCUT2D eigenvalue weighted by Crippen LogP contribution is -2.17. The van der Waals surface area contributed by atoms with Gasteiger partial charge in [-0.15, -0.1) is 10.2 Å². The van der Waals surface area contributed by atoms with Crippen molar-refractivity contribution < 1.29 is 4.52 Å². The molecule has 0 spiro atoms. The van der Waals surface area contributed by atoms with Crippen molar-refractivity contribution in [1.29, 1.82) is 0 Å². The summed E-state index contributed by atoms with van der Waals surface area (Å²) in [6, 6.07) is 0.314. The number of aryl methyl sites for hydroxylation is 2. The van der Waals surface area contributed by atoms with Crippen LogP contribution in [0.5, 0.6) is 0 Å². The van der Waals surface area contributed by atoms with E-state index in [1.54, 1.807) is 11.8 Å². The van der Waals surface area contributed by atoms with Crippen molar-refractivity contribution in [2.75, 3.05) is 19.0 Å². The van der Waals surface area contributed by atoms with Gasteiger partial charge in [0, 0.05) is 31.5 Å². The van der Waals surface area contributed by atoms with Crippen molar-refractivity contribution in [1.82, 2.24) is 19.9 Å². The maximum absolute atomic E-state index is 5.19. The van der Waals surface area contributed by atoms with Crippen LogP contribution in [-0.2, 0) is 5.75 Å². The summed E-state index contributed by atoms with van der Waals surface area (Å²) < 4.78 is 7.33. The van der Waals surface area contributed by atoms with Crippen LogP contribution >= 0.6 is 11.8 Å². The first-order valence-corrected chi connectivity index (χ1v) is 7.57. The van der Waals surface area contributed by atoms with E-state index in [0.29, 0.717) is 6.04 Å². The minimum Gasteiger partial charge on any atom is -0.361 e. The van der Waals surface area contributed by atoms with Crippen molar-refractivity contribution in [2.45, 2.75) is 44.6 Å². The third kappa shape index (κ3) is 2.82. The number of nitrogens with zero attached hydrogens (tertiary/aromatic N) is 5. The first-order valence-electron chi connectivity index (χ1n) is 6.58. The molecule has 0 aliphatic rings. The standard InChI is InChI=1S/C13H21N5OS/c1-8(2)18-12(17(5)6)14-15-13(18)20-7-11-9(3)16-19-10(11)4/h8H,7H2,1-6H3. The molecular weight excluding hydrogens is 274 g/mol. The summed E-state index contributed by atoms with van der Waals surface area (Å²) in [5, 5.41) is 13.5. The molecule has 2 aromatic rings. The molecule has 0 atom stereocenters. The van der Waals surface area contributed by atoms with Crippen LogP contribution in [0.25, 0.3) is 0 Å². The Bertz CT molecular complexity index is 568. The van der Waals surface area contributed by atoms with Gasteiger partial charge in [0.2, 0.25) is 5.95 Å². The minimum atomic E-state index is 0.314. The molecule has 7 heteroatoms. The number of thioether (sulfide) groups is 1. The summed E-state index contributed by atoms with van der Waals surface area (Å²) >= 11 is 1.66. The molecule has 0 radical (unpaired) electrons. The molecule has 2 aromatic heterocycles. The Morgan fingerprint density at radius 1 is 1.25 bits per heavy atom. The molecule has 0 fully saturated rings. The maximum Gasteiger partial charge on any atom is 0.227 e. The number of rotatable bonds is 5. The van der Waals surface area contributed by atoms with Crippen LogP contribution in [0.4, 0.5) is 5.95 Å². The van der Waals surface area contributed by atoms with Gasteiger partial charge >= 0.3 is 0 Å². The largest absolute Gasteiger partial charge is 0.361 e. The van der Waals surface area contributed by atoms with Crippen molar-refractivity contribution >= 4 is 17.7 Å². The van der Waals surface area contributed by atoms with Crippen molar-refractivity contribution in [2.24, 2.45) is 0 Å². The Morgan fingerprint density at radius 3 is 2.45 bits per heavy atom. The average Bonchev–Trinajstić information content (AvgIpc) is 2.92. The van der Waals surface area contributed by atoms with E-state index < -0.39 is 0 Å². The fraction of sp³-hybridized carbons (Fsp3) is 0.615. The Hall–Kier alpha value is -1.50. The van der Waals surface area contributed by atoms with Crippen molar-refractivity contribution in [3.63, 3.8) is 0 Å². The highest BCUT2D eigenvalue weighted by Gasteiger charge is 2.18. The van der Waals surface area contributed by atoms with Crippen LogP contribution in [0.3, 0.4) is 0 Å². The third-order valence-electron chi connectivity index (χ3n) is 3.09. The Kier molecular flexibility index (Phi) is 4.37. The molecule has 110 valence electrons. The van der Waals surface area contributed by atoms with Crippen LogP contribution in [0.15, 0.2) is 9.68 Å². The zero-order chi connectivity index (χ0) is 14.9. The topological polar surface area (TPSA) is 60.0 Å². The molecule has 0 saturated heterocycles. The SMILES string of the molecule is Cc1noc(C)c1CSc1nnc(N(C)C)n1C(C)C. The highest BCUT2D eigenvalue weighted by Crippen LogP contribution is 2.29. The summed E-state index contributed by atoms with van der Waals surface area (Å²) in [7, 11) is 3.96. The monoisotopic (exact) mass is 295 g/mol. The Morgan fingerprint density at radius 2 is 1.95 bits per heavy atom. The van der Waals surface area contributed by atoms with E-state index >= 15 is 0 Å². The molecule has 0 aromatic carbocycles. The summed E-state index contributed by atoms with van der Waals surface area (Å²) in [5.41, 5.74) is 2.08. The highest BCUT2D eigenvalue weighted by molar-refractivity contribution is 7.98. The molecule has 0 unspecified atom stereocenters. The summed E-state index contributed by atoms with van der Waals surface area (Å²) in [4.78, 5) is 1.98. The fourth-order valence-corrected chi connectivity index (χ4v) is 3.18. The third-order valence-corrected chi connectivity index (χ3v) is 4.06. The number of hydrogen-bond donors (Lipinski definition) is 0. The van der Waals surface area contributed by atoms with Crippen LogP contribution in [0, 0.1) is 13.8 Å². The van der Waals surface area contributed by atoms with Gasteiger partial charge in [0.05, 0.1) is 5.69 Å². The van der Waals surface area contributed by atoms with E-state index in [1.165, 1.54) is 0 Å². The van der Waals surface area contributed by atoms with E-state index in [-0.39, 0.29) is 0 Å². The first-order chi connectivity index (χ1) is 9.41. The fourth-order valence-electron chi connectivity index (χ4n) is 1.97. The van der Waals surface area contributed by atoms with E-state index in [4.69, 9.17) is 4.52 Å². The van der Waals surface area contributed by atoms with E-state index in [1.807, 2.05) is 32.8 Å².